The number of rotatable bonds is 6. The number of benzene rings is 3. The van der Waals surface area contributed by atoms with Gasteiger partial charge in [-0.15, -0.1) is 0 Å². The fourth-order valence-electron chi connectivity index (χ4n) is 4.35. The Balaban J connectivity index is 1.22. The van der Waals surface area contributed by atoms with Gasteiger partial charge in [-0.25, -0.2) is 4.98 Å². The molecule has 1 aromatic heterocycles. The van der Waals surface area contributed by atoms with Gasteiger partial charge in [0, 0.05) is 44.0 Å². The first kappa shape index (κ1) is 23.2. The van der Waals surface area contributed by atoms with Crippen molar-refractivity contribution in [1.29, 1.82) is 5.26 Å². The van der Waals surface area contributed by atoms with Gasteiger partial charge in [0.2, 0.25) is 0 Å². The average molecular weight is 483 g/mol. The van der Waals surface area contributed by atoms with Crippen LogP contribution in [-0.2, 0) is 12.3 Å². The van der Waals surface area contributed by atoms with E-state index in [1.54, 1.807) is 0 Å². The maximum absolute atomic E-state index is 13.5. The first-order valence-electron chi connectivity index (χ1n) is 11.8. The molecule has 0 aliphatic carbocycles. The van der Waals surface area contributed by atoms with Gasteiger partial charge in [0.05, 0.1) is 11.6 Å². The maximum Gasteiger partial charge on any atom is 0.257 e. The van der Waals surface area contributed by atoms with Crippen LogP contribution in [0.25, 0.3) is 11.1 Å². The van der Waals surface area contributed by atoms with Crippen LogP contribution in [0, 0.1) is 11.3 Å². The molecule has 0 spiro atoms. The number of nitriles is 1. The Hall–Kier alpha value is -3.60. The number of hydrogen-bond donors (Lipinski definition) is 0. The molecule has 5 rings (SSSR count). The van der Waals surface area contributed by atoms with Crippen LogP contribution < -0.4 is 0 Å². The van der Waals surface area contributed by atoms with Crippen molar-refractivity contribution in [3.63, 3.8) is 0 Å². The van der Waals surface area contributed by atoms with Crippen molar-refractivity contribution in [3.8, 4) is 6.07 Å². The number of aromatic nitrogens is 1. The molecule has 176 valence electrons. The summed E-state index contributed by atoms with van der Waals surface area (Å²) in [5.74, 6) is 0.701. The van der Waals surface area contributed by atoms with Gasteiger partial charge in [-0.2, -0.15) is 5.26 Å². The molecule has 35 heavy (non-hydrogen) atoms. The first-order chi connectivity index (χ1) is 17.2. The fourth-order valence-corrected chi connectivity index (χ4v) is 5.19. The van der Waals surface area contributed by atoms with Crippen LogP contribution in [0.1, 0.15) is 33.5 Å². The Labute approximate surface area is 209 Å². The number of thioether (sulfide) groups is 1. The molecule has 1 saturated heterocycles. The summed E-state index contributed by atoms with van der Waals surface area (Å²) in [5, 5.41) is 9.61. The van der Waals surface area contributed by atoms with E-state index in [1.807, 2.05) is 77.7 Å². The number of oxazole rings is 1. The molecule has 0 saturated carbocycles. The Morgan fingerprint density at radius 1 is 0.971 bits per heavy atom. The second kappa shape index (κ2) is 10.8. The van der Waals surface area contributed by atoms with Crippen molar-refractivity contribution in [2.75, 3.05) is 26.2 Å². The maximum atomic E-state index is 13.5. The van der Waals surface area contributed by atoms with Crippen molar-refractivity contribution >= 4 is 28.8 Å². The van der Waals surface area contributed by atoms with E-state index >= 15 is 0 Å². The van der Waals surface area contributed by atoms with E-state index in [4.69, 9.17) is 9.68 Å². The lowest BCUT2D eigenvalue weighted by atomic mass is 10.1. The predicted molar refractivity (Wildman–Crippen MR) is 137 cm³/mol. The fraction of sp³-hybridized carbons (Fsp3) is 0.250. The zero-order valence-corrected chi connectivity index (χ0v) is 20.2. The van der Waals surface area contributed by atoms with Gasteiger partial charge in [-0.05, 0) is 47.9 Å². The van der Waals surface area contributed by atoms with Crippen LogP contribution in [0.15, 0.2) is 82.4 Å². The quantitative estimate of drug-likeness (QED) is 0.346. The molecule has 0 bridgehead atoms. The Morgan fingerprint density at radius 3 is 2.60 bits per heavy atom. The van der Waals surface area contributed by atoms with Gasteiger partial charge in [0.25, 0.3) is 11.1 Å². The topological polar surface area (TPSA) is 73.4 Å². The molecule has 6 nitrogen and oxygen atoms in total. The Morgan fingerprint density at radius 2 is 1.77 bits per heavy atom. The smallest absolute Gasteiger partial charge is 0.257 e. The molecule has 3 aromatic carbocycles. The van der Waals surface area contributed by atoms with Crippen molar-refractivity contribution in [1.82, 2.24) is 14.8 Å². The van der Waals surface area contributed by atoms with Crippen LogP contribution in [0.5, 0.6) is 0 Å². The van der Waals surface area contributed by atoms with Crippen molar-refractivity contribution in [3.05, 3.63) is 95.1 Å². The van der Waals surface area contributed by atoms with E-state index in [0.29, 0.717) is 23.1 Å². The molecular formula is C28H26N4O2S. The normalized spacial score (nSPS) is 14.5. The van der Waals surface area contributed by atoms with Crippen molar-refractivity contribution in [2.45, 2.75) is 23.9 Å². The Bertz CT molecular complexity index is 1330. The third kappa shape index (κ3) is 5.56. The van der Waals surface area contributed by atoms with Crippen LogP contribution in [0.2, 0.25) is 0 Å². The highest BCUT2D eigenvalue weighted by Gasteiger charge is 2.22. The van der Waals surface area contributed by atoms with E-state index in [1.165, 1.54) is 17.3 Å². The van der Waals surface area contributed by atoms with Crippen molar-refractivity contribution in [2.24, 2.45) is 0 Å². The minimum absolute atomic E-state index is 0.0824. The molecule has 2 heterocycles. The summed E-state index contributed by atoms with van der Waals surface area (Å²) in [7, 11) is 0. The zero-order chi connectivity index (χ0) is 24.0. The minimum atomic E-state index is 0.0824. The van der Waals surface area contributed by atoms with Crippen molar-refractivity contribution < 1.29 is 9.21 Å². The molecule has 7 heteroatoms. The third-order valence-corrected chi connectivity index (χ3v) is 7.12. The number of hydrogen-bond acceptors (Lipinski definition) is 6. The largest absolute Gasteiger partial charge is 0.431 e. The molecule has 0 unspecified atom stereocenters. The summed E-state index contributed by atoms with van der Waals surface area (Å²) < 4.78 is 5.83. The van der Waals surface area contributed by atoms with Gasteiger partial charge in [0.1, 0.15) is 5.52 Å². The Kier molecular flexibility index (Phi) is 7.12. The van der Waals surface area contributed by atoms with Crippen LogP contribution in [0.4, 0.5) is 0 Å². The standard InChI is InChI=1S/C28H26N4O2S/c29-18-21-10-12-22(13-11-21)19-31-14-5-15-32(17-16-31)27(33)24-7-2-1-6-23(24)20-35-28-30-25-8-3-4-9-26(25)34-28/h1-4,6-13H,5,14-17,19-20H2. The predicted octanol–water partition coefficient (Wildman–Crippen LogP) is 5.34. The van der Waals surface area contributed by atoms with Gasteiger partial charge < -0.3 is 9.32 Å². The number of nitrogens with zero attached hydrogens (tertiary/aromatic N) is 4. The number of carbonyl (C=O) groups excluding carboxylic acids is 1. The van der Waals surface area contributed by atoms with E-state index in [-0.39, 0.29) is 5.91 Å². The first-order valence-corrected chi connectivity index (χ1v) is 12.7. The van der Waals surface area contributed by atoms with Gasteiger partial charge in [-0.3, -0.25) is 9.69 Å². The van der Waals surface area contributed by atoms with Gasteiger partial charge >= 0.3 is 0 Å². The lowest BCUT2D eigenvalue weighted by Crippen LogP contribution is -2.35. The summed E-state index contributed by atoms with van der Waals surface area (Å²) in [4.78, 5) is 22.4. The molecule has 4 aromatic rings. The van der Waals surface area contributed by atoms with E-state index < -0.39 is 0 Å². The van der Waals surface area contributed by atoms with Crippen LogP contribution in [-0.4, -0.2) is 46.9 Å². The zero-order valence-electron chi connectivity index (χ0n) is 19.4. The van der Waals surface area contributed by atoms with Crippen LogP contribution >= 0.6 is 11.8 Å². The summed E-state index contributed by atoms with van der Waals surface area (Å²) in [6.07, 6.45) is 0.932. The molecular weight excluding hydrogens is 456 g/mol. The molecule has 1 aliphatic rings. The minimum Gasteiger partial charge on any atom is -0.431 e. The van der Waals surface area contributed by atoms with Crippen LogP contribution in [0.3, 0.4) is 0 Å². The molecule has 0 radical (unpaired) electrons. The highest BCUT2D eigenvalue weighted by Crippen LogP contribution is 2.28. The average Bonchev–Trinajstić information content (AvgIpc) is 3.18. The summed E-state index contributed by atoms with van der Waals surface area (Å²) in [5.41, 5.74) is 5.21. The highest BCUT2D eigenvalue weighted by molar-refractivity contribution is 7.98. The number of fused-ring (bicyclic) bond motifs is 1. The SMILES string of the molecule is N#Cc1ccc(CN2CCCN(C(=O)c3ccccc3CSc3nc4ccccc4o3)CC2)cc1. The molecule has 0 atom stereocenters. The molecule has 1 fully saturated rings. The second-order valence-electron chi connectivity index (χ2n) is 8.62. The molecule has 1 amide bonds. The second-order valence-corrected chi connectivity index (χ2v) is 9.55. The number of carbonyl (C=O) groups is 1. The van der Waals surface area contributed by atoms with Gasteiger partial charge in [0.15, 0.2) is 5.58 Å². The third-order valence-electron chi connectivity index (χ3n) is 6.24. The van der Waals surface area contributed by atoms with Gasteiger partial charge in [-0.1, -0.05) is 54.2 Å². The lowest BCUT2D eigenvalue weighted by molar-refractivity contribution is 0.0760. The molecule has 1 aliphatic heterocycles. The molecule has 0 N–H and O–H groups in total. The number of amides is 1. The summed E-state index contributed by atoms with van der Waals surface area (Å²) in [6, 6.07) is 25.5. The number of para-hydroxylation sites is 2. The highest BCUT2D eigenvalue weighted by atomic mass is 32.2. The summed E-state index contributed by atoms with van der Waals surface area (Å²) in [6.45, 7) is 4.03. The van der Waals surface area contributed by atoms with E-state index in [2.05, 4.69) is 16.0 Å². The van der Waals surface area contributed by atoms with E-state index in [0.717, 1.165) is 54.8 Å². The van der Waals surface area contributed by atoms with E-state index in [9.17, 15) is 4.79 Å². The summed E-state index contributed by atoms with van der Waals surface area (Å²) >= 11 is 1.51. The lowest BCUT2D eigenvalue weighted by Gasteiger charge is -2.23. The monoisotopic (exact) mass is 482 g/mol.